The summed E-state index contributed by atoms with van der Waals surface area (Å²) in [6.07, 6.45) is 6.86. The lowest BCUT2D eigenvalue weighted by Gasteiger charge is -2.33. The highest BCUT2D eigenvalue weighted by atomic mass is 15.2. The number of pyridine rings is 2. The first-order valence-corrected chi connectivity index (χ1v) is 15.0. The van der Waals surface area contributed by atoms with Crippen molar-refractivity contribution in [3.8, 4) is 24.3 Å². The van der Waals surface area contributed by atoms with Gasteiger partial charge in [-0.2, -0.15) is 21.0 Å². The van der Waals surface area contributed by atoms with E-state index in [9.17, 15) is 21.0 Å². The van der Waals surface area contributed by atoms with Crippen LogP contribution in [0.1, 0.15) is 11.1 Å². The Labute approximate surface area is 278 Å². The van der Waals surface area contributed by atoms with Crippen molar-refractivity contribution < 1.29 is 0 Å². The first kappa shape index (κ1) is 30.8. The van der Waals surface area contributed by atoms with E-state index >= 15 is 0 Å². The molecule has 0 amide bonds. The third-order valence-electron chi connectivity index (χ3n) is 8.19. The van der Waals surface area contributed by atoms with Crippen LogP contribution in [-0.4, -0.2) is 9.97 Å². The van der Waals surface area contributed by atoms with E-state index in [1.807, 2.05) is 94.7 Å². The lowest BCUT2D eigenvalue weighted by atomic mass is 9.59. The molecule has 2 heterocycles. The Morgan fingerprint density at radius 3 is 0.979 bits per heavy atom. The van der Waals surface area contributed by atoms with Crippen molar-refractivity contribution in [2.75, 3.05) is 9.80 Å². The SMILES string of the molecule is N#CC(C#N)(c1ccc(N(c2ccccc2)c2cccnc2)cc1)C(C#N)(C#N)c1ccc(N(c2ccccc2)c2cccnc2)cc1. The normalized spacial score (nSPS) is 10.8. The first-order valence-electron chi connectivity index (χ1n) is 15.0. The molecule has 0 unspecified atom stereocenters. The molecular weight excluding hydrogens is 592 g/mol. The minimum absolute atomic E-state index is 0.226. The van der Waals surface area contributed by atoms with Crippen molar-refractivity contribution in [2.45, 2.75) is 10.8 Å². The first-order chi connectivity index (χ1) is 23.6. The third-order valence-corrected chi connectivity index (χ3v) is 8.19. The van der Waals surface area contributed by atoms with Gasteiger partial charge in [-0.05, 0) is 83.9 Å². The van der Waals surface area contributed by atoms with E-state index in [0.717, 1.165) is 34.1 Å². The number of aromatic nitrogens is 2. The van der Waals surface area contributed by atoms with Crippen LogP contribution in [0.25, 0.3) is 0 Å². The molecular formula is C40H26N8. The Hall–Kier alpha value is -7.26. The average Bonchev–Trinajstić information content (AvgIpc) is 3.17. The van der Waals surface area contributed by atoms with Gasteiger partial charge < -0.3 is 9.80 Å². The highest BCUT2D eigenvalue weighted by Gasteiger charge is 2.57. The zero-order chi connectivity index (χ0) is 33.4. The summed E-state index contributed by atoms with van der Waals surface area (Å²) in [6, 6.07) is 48.9. The number of nitriles is 4. The van der Waals surface area contributed by atoms with Crippen molar-refractivity contribution in [2.24, 2.45) is 0 Å². The van der Waals surface area contributed by atoms with Crippen LogP contribution in [0.15, 0.2) is 158 Å². The van der Waals surface area contributed by atoms with Crippen LogP contribution in [0.2, 0.25) is 0 Å². The zero-order valence-electron chi connectivity index (χ0n) is 25.6. The topological polar surface area (TPSA) is 127 Å². The predicted octanol–water partition coefficient (Wildman–Crippen LogP) is 8.69. The molecule has 0 fully saturated rings. The van der Waals surface area contributed by atoms with Crippen molar-refractivity contribution in [3.63, 3.8) is 0 Å². The average molecular weight is 619 g/mol. The smallest absolute Gasteiger partial charge is 0.204 e. The molecule has 0 spiro atoms. The molecule has 226 valence electrons. The molecule has 0 atom stereocenters. The number of para-hydroxylation sites is 2. The quantitative estimate of drug-likeness (QED) is 0.157. The van der Waals surface area contributed by atoms with Crippen LogP contribution < -0.4 is 9.80 Å². The molecule has 0 bridgehead atoms. The monoisotopic (exact) mass is 618 g/mol. The van der Waals surface area contributed by atoms with Crippen molar-refractivity contribution in [1.29, 1.82) is 21.0 Å². The fraction of sp³-hybridized carbons (Fsp3) is 0.0500. The van der Waals surface area contributed by atoms with Gasteiger partial charge in [0, 0.05) is 35.1 Å². The van der Waals surface area contributed by atoms with Crippen LogP contribution in [0, 0.1) is 45.3 Å². The molecule has 0 radical (unpaired) electrons. The van der Waals surface area contributed by atoms with Crippen LogP contribution in [-0.2, 0) is 10.8 Å². The summed E-state index contributed by atoms with van der Waals surface area (Å²) in [7, 11) is 0. The molecule has 8 nitrogen and oxygen atoms in total. The lowest BCUT2D eigenvalue weighted by molar-refractivity contribution is 0.524. The van der Waals surface area contributed by atoms with Gasteiger partial charge in [-0.1, -0.05) is 60.7 Å². The van der Waals surface area contributed by atoms with E-state index in [2.05, 4.69) is 34.2 Å². The summed E-state index contributed by atoms with van der Waals surface area (Å²) in [5.41, 5.74) is 0.980. The van der Waals surface area contributed by atoms with E-state index in [0.29, 0.717) is 0 Å². The Kier molecular flexibility index (Phi) is 8.58. The maximum absolute atomic E-state index is 10.7. The van der Waals surface area contributed by atoms with E-state index in [-0.39, 0.29) is 11.1 Å². The highest BCUT2D eigenvalue weighted by Crippen LogP contribution is 2.46. The maximum Gasteiger partial charge on any atom is 0.204 e. The molecule has 6 rings (SSSR count). The van der Waals surface area contributed by atoms with Gasteiger partial charge in [0.1, 0.15) is 0 Å². The summed E-state index contributed by atoms with van der Waals surface area (Å²) in [5, 5.41) is 42.6. The van der Waals surface area contributed by atoms with Crippen LogP contribution >= 0.6 is 0 Å². The summed E-state index contributed by atoms with van der Waals surface area (Å²) >= 11 is 0. The molecule has 6 aromatic rings. The lowest BCUT2D eigenvalue weighted by Crippen LogP contribution is -2.45. The van der Waals surface area contributed by atoms with Crippen molar-refractivity contribution >= 4 is 34.1 Å². The highest BCUT2D eigenvalue weighted by molar-refractivity contribution is 5.78. The van der Waals surface area contributed by atoms with Gasteiger partial charge in [-0.25, -0.2) is 0 Å². The van der Waals surface area contributed by atoms with Gasteiger partial charge in [-0.3, -0.25) is 9.97 Å². The maximum atomic E-state index is 10.7. The van der Waals surface area contributed by atoms with E-state index in [1.54, 1.807) is 73.3 Å². The summed E-state index contributed by atoms with van der Waals surface area (Å²) in [6.45, 7) is 0. The van der Waals surface area contributed by atoms with E-state index in [1.165, 1.54) is 0 Å². The summed E-state index contributed by atoms with van der Waals surface area (Å²) in [4.78, 5) is 12.5. The van der Waals surface area contributed by atoms with Gasteiger partial charge in [0.05, 0.1) is 48.0 Å². The second-order valence-corrected chi connectivity index (χ2v) is 10.8. The van der Waals surface area contributed by atoms with Gasteiger partial charge in [-0.15, -0.1) is 0 Å². The molecule has 0 saturated heterocycles. The summed E-state index contributed by atoms with van der Waals surface area (Å²) in [5.74, 6) is 0. The van der Waals surface area contributed by atoms with Gasteiger partial charge in [0.25, 0.3) is 0 Å². The molecule has 0 aliphatic heterocycles. The second-order valence-electron chi connectivity index (χ2n) is 10.8. The van der Waals surface area contributed by atoms with Crippen molar-refractivity contribution in [3.05, 3.63) is 169 Å². The number of hydrogen-bond donors (Lipinski definition) is 0. The Bertz CT molecular complexity index is 1890. The fourth-order valence-electron chi connectivity index (χ4n) is 5.82. The Morgan fingerprint density at radius 1 is 0.375 bits per heavy atom. The van der Waals surface area contributed by atoms with Crippen molar-refractivity contribution in [1.82, 2.24) is 9.97 Å². The molecule has 48 heavy (non-hydrogen) atoms. The number of hydrogen-bond acceptors (Lipinski definition) is 8. The fourth-order valence-corrected chi connectivity index (χ4v) is 5.82. The molecule has 0 aliphatic carbocycles. The van der Waals surface area contributed by atoms with Crippen LogP contribution in [0.3, 0.4) is 0 Å². The standard InChI is InChI=1S/C40H26N8/c41-27-39(28-42,31-15-19-35(20-16-31)47(33-9-3-1-4-10-33)37-13-7-23-45-25-37)40(29-43,30-44)32-17-21-36(22-18-32)48(34-11-5-2-6-12-34)38-14-8-24-46-26-38/h1-26H. The molecule has 4 aromatic carbocycles. The van der Waals surface area contributed by atoms with Crippen LogP contribution in [0.4, 0.5) is 34.1 Å². The predicted molar refractivity (Wildman–Crippen MR) is 184 cm³/mol. The van der Waals surface area contributed by atoms with Gasteiger partial charge >= 0.3 is 0 Å². The molecule has 0 N–H and O–H groups in total. The Morgan fingerprint density at radius 2 is 0.688 bits per heavy atom. The van der Waals surface area contributed by atoms with Crippen LogP contribution in [0.5, 0.6) is 0 Å². The molecule has 0 aliphatic rings. The minimum Gasteiger partial charge on any atom is -0.309 e. The number of rotatable bonds is 9. The largest absolute Gasteiger partial charge is 0.309 e. The number of anilines is 6. The minimum atomic E-state index is -2.16. The van der Waals surface area contributed by atoms with E-state index < -0.39 is 10.8 Å². The molecule has 2 aromatic heterocycles. The van der Waals surface area contributed by atoms with Gasteiger partial charge in [0.15, 0.2) is 0 Å². The second kappa shape index (κ2) is 13.4. The third kappa shape index (κ3) is 5.33. The molecule has 8 heteroatoms. The Balaban J connectivity index is 1.42. The number of nitrogens with zero attached hydrogens (tertiary/aromatic N) is 8. The van der Waals surface area contributed by atoms with E-state index in [4.69, 9.17) is 0 Å². The zero-order valence-corrected chi connectivity index (χ0v) is 25.6. The molecule has 0 saturated carbocycles. The van der Waals surface area contributed by atoms with Gasteiger partial charge in [0.2, 0.25) is 10.8 Å². The number of benzene rings is 4. The summed E-state index contributed by atoms with van der Waals surface area (Å²) < 4.78 is 0.